The van der Waals surface area contributed by atoms with Crippen molar-refractivity contribution in [2.75, 3.05) is 0 Å². The lowest BCUT2D eigenvalue weighted by Crippen LogP contribution is -1.89. The van der Waals surface area contributed by atoms with Gasteiger partial charge in [-0.15, -0.1) is 11.3 Å². The third-order valence-electron chi connectivity index (χ3n) is 2.30. The summed E-state index contributed by atoms with van der Waals surface area (Å²) in [6.45, 7) is 0.218. The van der Waals surface area contributed by atoms with E-state index in [0.717, 1.165) is 21.8 Å². The number of oxime groups is 1. The maximum atomic E-state index is 10.7. The topological polar surface area (TPSA) is 58.9 Å². The molecule has 104 valence electrons. The Kier molecular flexibility index (Phi) is 5.00. The van der Waals surface area contributed by atoms with E-state index in [2.05, 4.69) is 5.16 Å². The number of carboxylic acid groups (broad SMARTS) is 1. The Morgan fingerprint density at radius 1 is 1.30 bits per heavy atom. The van der Waals surface area contributed by atoms with Crippen molar-refractivity contribution in [2.24, 2.45) is 5.16 Å². The average Bonchev–Trinajstić information content (AvgIpc) is 2.88. The quantitative estimate of drug-likeness (QED) is 0.657. The highest BCUT2D eigenvalue weighted by atomic mass is 35.5. The Morgan fingerprint density at radius 2 is 2.10 bits per heavy atom. The number of benzene rings is 1. The lowest BCUT2D eigenvalue weighted by molar-refractivity contribution is 0.0702. The molecule has 0 radical (unpaired) electrons. The van der Waals surface area contributed by atoms with Crippen molar-refractivity contribution in [3.05, 3.63) is 55.7 Å². The molecule has 7 heteroatoms. The number of aromatic carboxylic acids is 1. The lowest BCUT2D eigenvalue weighted by Gasteiger charge is -1.98. The van der Waals surface area contributed by atoms with Crippen molar-refractivity contribution in [1.29, 1.82) is 0 Å². The lowest BCUT2D eigenvalue weighted by atomic mass is 10.2. The van der Waals surface area contributed by atoms with Gasteiger partial charge in [-0.25, -0.2) is 4.79 Å². The number of rotatable bonds is 5. The molecule has 1 aromatic heterocycles. The van der Waals surface area contributed by atoms with Crippen molar-refractivity contribution in [1.82, 2.24) is 0 Å². The molecule has 0 aliphatic rings. The second-order valence-corrected chi connectivity index (χ2v) is 5.74. The standard InChI is InChI=1S/C13H9Cl2NO3S/c14-10-3-1-8(5-11(10)15)6-16-19-7-9-2-4-12(20-9)13(17)18/h1-6H,7H2,(H,17,18). The van der Waals surface area contributed by atoms with Gasteiger partial charge in [0.2, 0.25) is 0 Å². The Balaban J connectivity index is 1.89. The van der Waals surface area contributed by atoms with E-state index >= 15 is 0 Å². The van der Waals surface area contributed by atoms with Crippen molar-refractivity contribution in [3.8, 4) is 0 Å². The van der Waals surface area contributed by atoms with Crippen LogP contribution in [0.4, 0.5) is 0 Å². The Bertz CT molecular complexity index is 655. The average molecular weight is 330 g/mol. The molecule has 0 aliphatic carbocycles. The zero-order chi connectivity index (χ0) is 14.5. The van der Waals surface area contributed by atoms with E-state index in [1.807, 2.05) is 0 Å². The summed E-state index contributed by atoms with van der Waals surface area (Å²) >= 11 is 12.8. The first kappa shape index (κ1) is 14.8. The fourth-order valence-electron chi connectivity index (χ4n) is 1.36. The third kappa shape index (κ3) is 3.96. The second kappa shape index (κ2) is 6.74. The van der Waals surface area contributed by atoms with E-state index in [1.54, 1.807) is 24.3 Å². The van der Waals surface area contributed by atoms with E-state index in [4.69, 9.17) is 33.1 Å². The predicted octanol–water partition coefficient (Wildman–Crippen LogP) is 4.30. The van der Waals surface area contributed by atoms with Crippen LogP contribution in [0.25, 0.3) is 0 Å². The molecule has 1 N–H and O–H groups in total. The second-order valence-electron chi connectivity index (χ2n) is 3.75. The van der Waals surface area contributed by atoms with E-state index in [9.17, 15) is 4.79 Å². The van der Waals surface area contributed by atoms with Gasteiger partial charge in [0, 0.05) is 4.88 Å². The van der Waals surface area contributed by atoms with Crippen LogP contribution in [-0.4, -0.2) is 17.3 Å². The van der Waals surface area contributed by atoms with Gasteiger partial charge in [0.05, 0.1) is 16.3 Å². The normalized spacial score (nSPS) is 10.9. The smallest absolute Gasteiger partial charge is 0.345 e. The minimum atomic E-state index is -0.944. The predicted molar refractivity (Wildman–Crippen MR) is 80.1 cm³/mol. The maximum absolute atomic E-state index is 10.7. The first-order valence-electron chi connectivity index (χ1n) is 5.48. The van der Waals surface area contributed by atoms with Crippen LogP contribution in [0, 0.1) is 0 Å². The van der Waals surface area contributed by atoms with Gasteiger partial charge >= 0.3 is 5.97 Å². The van der Waals surface area contributed by atoms with Crippen LogP contribution < -0.4 is 0 Å². The number of thiophene rings is 1. The van der Waals surface area contributed by atoms with Crippen LogP contribution in [0.3, 0.4) is 0 Å². The number of hydrogen-bond donors (Lipinski definition) is 1. The van der Waals surface area contributed by atoms with Crippen molar-refractivity contribution < 1.29 is 14.7 Å². The highest BCUT2D eigenvalue weighted by Gasteiger charge is 2.06. The van der Waals surface area contributed by atoms with Gasteiger partial charge in [-0.1, -0.05) is 34.4 Å². The molecule has 0 saturated carbocycles. The van der Waals surface area contributed by atoms with Crippen LogP contribution in [0.15, 0.2) is 35.5 Å². The zero-order valence-corrected chi connectivity index (χ0v) is 12.4. The Morgan fingerprint density at radius 3 is 2.75 bits per heavy atom. The van der Waals surface area contributed by atoms with E-state index in [1.165, 1.54) is 12.3 Å². The number of nitrogens with zero attached hydrogens (tertiary/aromatic N) is 1. The number of halogens is 2. The molecule has 4 nitrogen and oxygen atoms in total. The molecular formula is C13H9Cl2NO3S. The number of hydrogen-bond acceptors (Lipinski definition) is 4. The molecule has 20 heavy (non-hydrogen) atoms. The molecule has 0 amide bonds. The molecule has 0 bridgehead atoms. The Hall–Kier alpha value is -1.56. The van der Waals surface area contributed by atoms with Gasteiger partial charge in [0.15, 0.2) is 6.61 Å². The number of carboxylic acids is 1. The fourth-order valence-corrected chi connectivity index (χ4v) is 2.42. The molecule has 0 aliphatic heterocycles. The highest BCUT2D eigenvalue weighted by Crippen LogP contribution is 2.22. The van der Waals surface area contributed by atoms with E-state index in [0.29, 0.717) is 10.0 Å². The van der Waals surface area contributed by atoms with Gasteiger partial charge in [-0.3, -0.25) is 0 Å². The highest BCUT2D eigenvalue weighted by molar-refractivity contribution is 7.13. The van der Waals surface area contributed by atoms with Crippen LogP contribution in [0.5, 0.6) is 0 Å². The summed E-state index contributed by atoms with van der Waals surface area (Å²) in [4.78, 5) is 16.9. The Labute approximate surface area is 129 Å². The van der Waals surface area contributed by atoms with E-state index in [-0.39, 0.29) is 11.5 Å². The summed E-state index contributed by atoms with van der Waals surface area (Å²) < 4.78 is 0. The van der Waals surface area contributed by atoms with Crippen LogP contribution >= 0.6 is 34.5 Å². The van der Waals surface area contributed by atoms with Crippen molar-refractivity contribution >= 4 is 46.7 Å². The van der Waals surface area contributed by atoms with Gasteiger partial charge < -0.3 is 9.94 Å². The summed E-state index contributed by atoms with van der Waals surface area (Å²) in [5, 5.41) is 13.5. The van der Waals surface area contributed by atoms with Gasteiger partial charge in [-0.05, 0) is 29.8 Å². The molecule has 1 aromatic carbocycles. The number of carbonyl (C=O) groups is 1. The van der Waals surface area contributed by atoms with Crippen molar-refractivity contribution in [3.63, 3.8) is 0 Å². The van der Waals surface area contributed by atoms with Crippen LogP contribution in [0.1, 0.15) is 20.1 Å². The summed E-state index contributed by atoms with van der Waals surface area (Å²) in [7, 11) is 0. The van der Waals surface area contributed by atoms with Gasteiger partial charge in [0.25, 0.3) is 0 Å². The zero-order valence-electron chi connectivity index (χ0n) is 10.0. The van der Waals surface area contributed by atoms with E-state index < -0.39 is 5.97 Å². The monoisotopic (exact) mass is 329 g/mol. The minimum Gasteiger partial charge on any atom is -0.477 e. The maximum Gasteiger partial charge on any atom is 0.345 e. The van der Waals surface area contributed by atoms with Gasteiger partial charge in [-0.2, -0.15) is 0 Å². The largest absolute Gasteiger partial charge is 0.477 e. The first-order chi connectivity index (χ1) is 9.56. The summed E-state index contributed by atoms with van der Waals surface area (Å²) in [6, 6.07) is 8.33. The van der Waals surface area contributed by atoms with Crippen molar-refractivity contribution in [2.45, 2.75) is 6.61 Å². The fraction of sp³-hybridized carbons (Fsp3) is 0.0769. The summed E-state index contributed by atoms with van der Waals surface area (Å²) in [5.74, 6) is -0.944. The summed E-state index contributed by atoms with van der Waals surface area (Å²) in [6.07, 6.45) is 1.51. The molecule has 0 spiro atoms. The first-order valence-corrected chi connectivity index (χ1v) is 7.06. The molecule has 0 fully saturated rings. The van der Waals surface area contributed by atoms with Gasteiger partial charge in [0.1, 0.15) is 4.88 Å². The molecule has 2 rings (SSSR count). The van der Waals surface area contributed by atoms with Crippen LogP contribution in [-0.2, 0) is 11.4 Å². The molecule has 1 heterocycles. The summed E-state index contributed by atoms with van der Waals surface area (Å²) in [5.41, 5.74) is 0.761. The molecule has 2 aromatic rings. The SMILES string of the molecule is O=C(O)c1ccc(CON=Cc2ccc(Cl)c(Cl)c2)s1. The third-order valence-corrected chi connectivity index (χ3v) is 4.08. The molecule has 0 unspecified atom stereocenters. The molecule has 0 saturated heterocycles. The molecular weight excluding hydrogens is 321 g/mol. The van der Waals surface area contributed by atoms with Crippen LogP contribution in [0.2, 0.25) is 10.0 Å². The minimum absolute atomic E-state index is 0.218. The molecule has 0 atom stereocenters.